The van der Waals surface area contributed by atoms with Crippen LogP contribution in [0.1, 0.15) is 35.3 Å². The van der Waals surface area contributed by atoms with Gasteiger partial charge in [0.25, 0.3) is 5.91 Å². The maximum absolute atomic E-state index is 14.1. The molecule has 12 heteroatoms. The summed E-state index contributed by atoms with van der Waals surface area (Å²) < 4.78 is 49.7. The van der Waals surface area contributed by atoms with E-state index in [9.17, 15) is 17.8 Å². The van der Waals surface area contributed by atoms with Gasteiger partial charge in [-0.1, -0.05) is 6.07 Å². The van der Waals surface area contributed by atoms with E-state index in [0.717, 1.165) is 0 Å². The minimum absolute atomic E-state index is 0.0441. The molecule has 0 saturated carbocycles. The minimum atomic E-state index is -2.97. The van der Waals surface area contributed by atoms with Gasteiger partial charge in [-0.3, -0.25) is 9.48 Å². The second-order valence-corrected chi connectivity index (χ2v) is 10.9. The van der Waals surface area contributed by atoms with E-state index in [4.69, 9.17) is 4.78 Å². The molecule has 0 spiro atoms. The number of hydrogen-bond donors (Lipinski definition) is 2. The van der Waals surface area contributed by atoms with Gasteiger partial charge in [0, 0.05) is 56.0 Å². The van der Waals surface area contributed by atoms with E-state index in [1.807, 2.05) is 0 Å². The highest BCUT2D eigenvalue weighted by Crippen LogP contribution is 2.32. The Kier molecular flexibility index (Phi) is 6.58. The first kappa shape index (κ1) is 24.7. The van der Waals surface area contributed by atoms with E-state index in [2.05, 4.69) is 20.4 Å². The predicted octanol–water partition coefficient (Wildman–Crippen LogP) is 4.10. The molecule has 0 radical (unpaired) electrons. The van der Waals surface area contributed by atoms with Gasteiger partial charge in [0.05, 0.1) is 27.2 Å². The maximum atomic E-state index is 14.1. The molecule has 186 valence electrons. The Hall–Kier alpha value is -3.41. The van der Waals surface area contributed by atoms with Gasteiger partial charge < -0.3 is 10.2 Å². The van der Waals surface area contributed by atoms with Crippen LogP contribution in [0.2, 0.25) is 0 Å². The number of anilines is 2. The third-order valence-electron chi connectivity index (χ3n) is 5.82. The van der Waals surface area contributed by atoms with Gasteiger partial charge in [-0.15, -0.1) is 0 Å². The number of nitrogens with zero attached hydrogens (tertiary/aromatic N) is 5. The average Bonchev–Trinajstić information content (AvgIpc) is 3.12. The maximum Gasteiger partial charge on any atom is 0.261 e. The van der Waals surface area contributed by atoms with Crippen molar-refractivity contribution in [1.29, 1.82) is 4.78 Å². The van der Waals surface area contributed by atoms with Crippen molar-refractivity contribution in [2.45, 2.75) is 37.0 Å². The van der Waals surface area contributed by atoms with Crippen LogP contribution >= 0.6 is 0 Å². The van der Waals surface area contributed by atoms with Crippen LogP contribution in [0.25, 0.3) is 11.4 Å². The molecule has 1 aromatic carbocycles. The molecule has 3 heterocycles. The third-order valence-corrected chi connectivity index (χ3v) is 6.97. The summed E-state index contributed by atoms with van der Waals surface area (Å²) in [6.07, 6.45) is 4.34. The number of amides is 1. The summed E-state index contributed by atoms with van der Waals surface area (Å²) in [6, 6.07) is 6.28. The molecule has 2 aromatic heterocycles. The second-order valence-electron chi connectivity index (χ2n) is 8.76. The van der Waals surface area contributed by atoms with Crippen LogP contribution in [-0.4, -0.2) is 55.1 Å². The Morgan fingerprint density at radius 3 is 2.69 bits per heavy atom. The normalized spacial score (nSPS) is 17.5. The number of nitrogens with one attached hydrogen (secondary N) is 2. The molecule has 1 fully saturated rings. The summed E-state index contributed by atoms with van der Waals surface area (Å²) in [6.45, 7) is 2.04. The molecule has 0 bridgehead atoms. The lowest BCUT2D eigenvalue weighted by Crippen LogP contribution is -2.30. The molecule has 2 N–H and O–H groups in total. The second kappa shape index (κ2) is 9.33. The predicted molar refractivity (Wildman–Crippen MR) is 129 cm³/mol. The Balaban J connectivity index is 1.76. The van der Waals surface area contributed by atoms with Crippen molar-refractivity contribution in [3.05, 3.63) is 47.9 Å². The van der Waals surface area contributed by atoms with Crippen molar-refractivity contribution in [1.82, 2.24) is 19.7 Å². The van der Waals surface area contributed by atoms with Crippen LogP contribution in [0.3, 0.4) is 0 Å². The zero-order valence-electron chi connectivity index (χ0n) is 19.7. The molecule has 4 rings (SSSR count). The summed E-state index contributed by atoms with van der Waals surface area (Å²) >= 11 is 0. The Morgan fingerprint density at radius 2 is 2.00 bits per heavy atom. The lowest BCUT2D eigenvalue weighted by molar-refractivity contribution is -0.0102. The highest BCUT2D eigenvalue weighted by molar-refractivity contribution is 7.91. The largest absolute Gasteiger partial charge is 0.356 e. The fourth-order valence-electron chi connectivity index (χ4n) is 4.00. The highest BCUT2D eigenvalue weighted by Gasteiger charge is 2.34. The van der Waals surface area contributed by atoms with E-state index in [0.29, 0.717) is 29.3 Å². The molecule has 1 atom stereocenters. The van der Waals surface area contributed by atoms with Crippen LogP contribution in [0.4, 0.5) is 20.3 Å². The molecule has 3 aromatic rings. The number of alkyl halides is 2. The van der Waals surface area contributed by atoms with Crippen LogP contribution in [-0.2, 0) is 16.8 Å². The first-order chi connectivity index (χ1) is 16.4. The number of hydrogen-bond acceptors (Lipinski definition) is 7. The number of carbonyl (C=O) groups is 1. The number of carbonyl (C=O) groups excluding carboxylic acids is 1. The van der Waals surface area contributed by atoms with Gasteiger partial charge >= 0.3 is 0 Å². The van der Waals surface area contributed by atoms with Gasteiger partial charge in [0.15, 0.2) is 5.82 Å². The Bertz CT molecular complexity index is 1370. The van der Waals surface area contributed by atoms with Crippen LogP contribution in [0.15, 0.2) is 41.6 Å². The van der Waals surface area contributed by atoms with Crippen molar-refractivity contribution in [3.8, 4) is 11.4 Å². The number of aryl methyl sites for hydroxylation is 2. The van der Waals surface area contributed by atoms with E-state index < -0.39 is 21.6 Å². The monoisotopic (exact) mass is 503 g/mol. The molecule has 1 amide bonds. The lowest BCUT2D eigenvalue weighted by Gasteiger charge is -2.25. The standard InChI is InChI=1S/C23H27F2N7O2S/c1-15-19(22(33)29-17-6-4-7-18(12-17)35(3,26)34)21(32-10-5-8-23(24,25)9-11-32)30-20(28-15)16-13-27-31(2)14-16/h4,6-7,12-14,26H,5,8-11H2,1-3H3,(H,29,33)/t35-/m1/s1. The zero-order chi connectivity index (χ0) is 25.4. The van der Waals surface area contributed by atoms with Crippen molar-refractivity contribution >= 4 is 27.1 Å². The first-order valence-electron chi connectivity index (χ1n) is 11.1. The first-order valence-corrected chi connectivity index (χ1v) is 13.1. The smallest absolute Gasteiger partial charge is 0.261 e. The van der Waals surface area contributed by atoms with Gasteiger partial charge in [-0.2, -0.15) is 5.10 Å². The molecule has 0 unspecified atom stereocenters. The van der Waals surface area contributed by atoms with Crippen molar-refractivity contribution < 1.29 is 17.8 Å². The average molecular weight is 504 g/mol. The molecule has 1 saturated heterocycles. The van der Waals surface area contributed by atoms with Crippen molar-refractivity contribution in [2.24, 2.45) is 7.05 Å². The van der Waals surface area contributed by atoms with Crippen LogP contribution < -0.4 is 10.2 Å². The van der Waals surface area contributed by atoms with Gasteiger partial charge in [0.1, 0.15) is 11.4 Å². The Labute approximate surface area is 202 Å². The van der Waals surface area contributed by atoms with Gasteiger partial charge in [-0.05, 0) is 31.5 Å². The fraction of sp³-hybridized carbons (Fsp3) is 0.391. The number of benzene rings is 1. The summed E-state index contributed by atoms with van der Waals surface area (Å²) in [5.41, 5.74) is 1.57. The topological polar surface area (TPSA) is 117 Å². The molecular weight excluding hydrogens is 476 g/mol. The van der Waals surface area contributed by atoms with Crippen molar-refractivity contribution in [2.75, 3.05) is 29.6 Å². The number of rotatable bonds is 5. The number of aromatic nitrogens is 4. The molecule has 1 aliphatic heterocycles. The molecule has 35 heavy (non-hydrogen) atoms. The molecule has 1 aliphatic rings. The third kappa shape index (κ3) is 5.64. The van der Waals surface area contributed by atoms with Crippen LogP contribution in [0.5, 0.6) is 0 Å². The molecule has 0 aliphatic carbocycles. The zero-order valence-corrected chi connectivity index (χ0v) is 20.5. The summed E-state index contributed by atoms with van der Waals surface area (Å²) in [5.74, 6) is -2.66. The fourth-order valence-corrected chi connectivity index (χ4v) is 4.69. The summed E-state index contributed by atoms with van der Waals surface area (Å²) in [5, 5.41) is 6.91. The van der Waals surface area contributed by atoms with Crippen LogP contribution in [0, 0.1) is 11.7 Å². The summed E-state index contributed by atoms with van der Waals surface area (Å²) in [4.78, 5) is 24.6. The summed E-state index contributed by atoms with van der Waals surface area (Å²) in [7, 11) is -1.21. The molecular formula is C23H27F2N7O2S. The molecule has 9 nitrogen and oxygen atoms in total. The minimum Gasteiger partial charge on any atom is -0.356 e. The van der Waals surface area contributed by atoms with E-state index in [1.54, 1.807) is 54.1 Å². The quantitative estimate of drug-likeness (QED) is 0.542. The van der Waals surface area contributed by atoms with E-state index in [1.165, 1.54) is 12.3 Å². The van der Waals surface area contributed by atoms with Gasteiger partial charge in [0.2, 0.25) is 5.92 Å². The van der Waals surface area contributed by atoms with Gasteiger partial charge in [-0.25, -0.2) is 27.7 Å². The van der Waals surface area contributed by atoms with E-state index in [-0.39, 0.29) is 42.1 Å². The highest BCUT2D eigenvalue weighted by atomic mass is 32.2. The Morgan fingerprint density at radius 1 is 1.23 bits per heavy atom. The van der Waals surface area contributed by atoms with E-state index >= 15 is 0 Å². The number of halogens is 2. The lowest BCUT2D eigenvalue weighted by atomic mass is 10.1. The van der Waals surface area contributed by atoms with Crippen molar-refractivity contribution in [3.63, 3.8) is 0 Å². The SMILES string of the molecule is Cc1nc(-c2cnn(C)c2)nc(N2CCCC(F)(F)CC2)c1C(=O)Nc1cccc([S@](C)(=N)=O)c1.